The first-order valence-electron chi connectivity index (χ1n) is 5.96. The van der Waals surface area contributed by atoms with E-state index in [0.717, 1.165) is 0 Å². The van der Waals surface area contributed by atoms with Crippen molar-refractivity contribution >= 4 is 11.9 Å². The zero-order valence-electron chi connectivity index (χ0n) is 11.2. The van der Waals surface area contributed by atoms with E-state index < -0.39 is 5.60 Å². The summed E-state index contributed by atoms with van der Waals surface area (Å²) in [7, 11) is 0. The van der Waals surface area contributed by atoms with E-state index in [1.165, 1.54) is 0 Å². The molecule has 0 heterocycles. The molecule has 0 spiro atoms. The van der Waals surface area contributed by atoms with Gasteiger partial charge < -0.3 is 14.7 Å². The second-order valence-electron chi connectivity index (χ2n) is 4.53. The molecular weight excluding hydrogens is 222 g/mol. The van der Waals surface area contributed by atoms with E-state index in [1.54, 1.807) is 25.7 Å². The molecule has 0 saturated carbocycles. The molecular formula is C12H23NO4. The van der Waals surface area contributed by atoms with Crippen LogP contribution in [0, 0.1) is 0 Å². The number of carbonyl (C=O) groups is 2. The molecule has 0 aliphatic rings. The van der Waals surface area contributed by atoms with Crippen LogP contribution < -0.4 is 0 Å². The molecule has 0 bridgehead atoms. The van der Waals surface area contributed by atoms with Crippen LogP contribution in [0.15, 0.2) is 0 Å². The highest BCUT2D eigenvalue weighted by atomic mass is 16.5. The fourth-order valence-electron chi connectivity index (χ4n) is 1.44. The Morgan fingerprint density at radius 1 is 1.24 bits per heavy atom. The number of carbonyl (C=O) groups excluding carboxylic acids is 2. The first-order chi connectivity index (χ1) is 7.80. The van der Waals surface area contributed by atoms with E-state index in [-0.39, 0.29) is 31.3 Å². The zero-order chi connectivity index (χ0) is 13.5. The maximum absolute atomic E-state index is 11.8. The van der Waals surface area contributed by atoms with Crippen molar-refractivity contribution in [2.45, 2.75) is 46.1 Å². The fourth-order valence-corrected chi connectivity index (χ4v) is 1.44. The van der Waals surface area contributed by atoms with Crippen molar-refractivity contribution in [3.05, 3.63) is 0 Å². The van der Waals surface area contributed by atoms with E-state index in [9.17, 15) is 14.7 Å². The van der Waals surface area contributed by atoms with Gasteiger partial charge in [0.2, 0.25) is 5.91 Å². The van der Waals surface area contributed by atoms with Crippen LogP contribution in [-0.2, 0) is 14.3 Å². The molecule has 0 aromatic carbocycles. The number of likely N-dealkylation sites (N-methyl/N-ethyl adjacent to an activating group) is 1. The molecule has 5 nitrogen and oxygen atoms in total. The Bertz CT molecular complexity index is 258. The van der Waals surface area contributed by atoms with Gasteiger partial charge in [0.1, 0.15) is 0 Å². The molecule has 17 heavy (non-hydrogen) atoms. The van der Waals surface area contributed by atoms with Crippen LogP contribution in [0.25, 0.3) is 0 Å². The van der Waals surface area contributed by atoms with Crippen LogP contribution in [0.1, 0.15) is 40.5 Å². The van der Waals surface area contributed by atoms with Gasteiger partial charge >= 0.3 is 5.97 Å². The minimum Gasteiger partial charge on any atom is -0.466 e. The molecule has 0 rings (SSSR count). The van der Waals surface area contributed by atoms with Crippen molar-refractivity contribution in [1.82, 2.24) is 4.90 Å². The lowest BCUT2D eigenvalue weighted by Crippen LogP contribution is -2.42. The maximum atomic E-state index is 11.8. The first-order valence-corrected chi connectivity index (χ1v) is 5.96. The highest BCUT2D eigenvalue weighted by Crippen LogP contribution is 2.07. The summed E-state index contributed by atoms with van der Waals surface area (Å²) in [4.78, 5) is 24.4. The van der Waals surface area contributed by atoms with Crippen LogP contribution >= 0.6 is 0 Å². The maximum Gasteiger partial charge on any atom is 0.306 e. The Balaban J connectivity index is 4.13. The molecule has 0 atom stereocenters. The summed E-state index contributed by atoms with van der Waals surface area (Å²) in [5.41, 5.74) is -0.921. The SMILES string of the molecule is CCOC(=O)CCC(=O)N(CC)CC(C)(C)O. The lowest BCUT2D eigenvalue weighted by atomic mass is 10.1. The van der Waals surface area contributed by atoms with Crippen LogP contribution in [0.2, 0.25) is 0 Å². The number of rotatable bonds is 7. The van der Waals surface area contributed by atoms with Crippen molar-refractivity contribution in [1.29, 1.82) is 0 Å². The number of hydrogen-bond acceptors (Lipinski definition) is 4. The van der Waals surface area contributed by atoms with Crippen LogP contribution in [0.3, 0.4) is 0 Å². The standard InChI is InChI=1S/C12H23NO4/c1-5-13(9-12(3,4)16)10(14)7-8-11(15)17-6-2/h16H,5-9H2,1-4H3. The van der Waals surface area contributed by atoms with Crippen molar-refractivity contribution < 1.29 is 19.4 Å². The third-order valence-corrected chi connectivity index (χ3v) is 2.16. The number of hydrogen-bond donors (Lipinski definition) is 1. The smallest absolute Gasteiger partial charge is 0.306 e. The Hall–Kier alpha value is -1.10. The molecule has 0 aliphatic carbocycles. The van der Waals surface area contributed by atoms with Crippen LogP contribution in [0.4, 0.5) is 0 Å². The van der Waals surface area contributed by atoms with Gasteiger partial charge in [0.15, 0.2) is 0 Å². The highest BCUT2D eigenvalue weighted by Gasteiger charge is 2.21. The molecule has 0 aromatic heterocycles. The van der Waals surface area contributed by atoms with Crippen LogP contribution in [-0.4, -0.2) is 47.2 Å². The predicted molar refractivity (Wildman–Crippen MR) is 64.4 cm³/mol. The molecule has 0 radical (unpaired) electrons. The molecule has 0 aliphatic heterocycles. The summed E-state index contributed by atoms with van der Waals surface area (Å²) < 4.78 is 4.75. The molecule has 100 valence electrons. The average molecular weight is 245 g/mol. The van der Waals surface area contributed by atoms with Gasteiger partial charge in [-0.3, -0.25) is 9.59 Å². The van der Waals surface area contributed by atoms with E-state index in [1.807, 2.05) is 6.92 Å². The number of esters is 1. The molecule has 1 N–H and O–H groups in total. The summed E-state index contributed by atoms with van der Waals surface area (Å²) in [5.74, 6) is -0.497. The van der Waals surface area contributed by atoms with Gasteiger partial charge in [0, 0.05) is 19.5 Å². The highest BCUT2D eigenvalue weighted by molar-refractivity contribution is 5.81. The third kappa shape index (κ3) is 7.74. The second kappa shape index (κ2) is 7.27. The van der Waals surface area contributed by atoms with Gasteiger partial charge in [-0.25, -0.2) is 0 Å². The summed E-state index contributed by atoms with van der Waals surface area (Å²) in [6.45, 7) is 7.98. The van der Waals surface area contributed by atoms with Crippen LogP contribution in [0.5, 0.6) is 0 Å². The van der Waals surface area contributed by atoms with Gasteiger partial charge in [0.05, 0.1) is 18.6 Å². The monoisotopic (exact) mass is 245 g/mol. The second-order valence-corrected chi connectivity index (χ2v) is 4.53. The van der Waals surface area contributed by atoms with E-state index in [2.05, 4.69) is 0 Å². The average Bonchev–Trinajstić information content (AvgIpc) is 2.21. The molecule has 0 unspecified atom stereocenters. The van der Waals surface area contributed by atoms with E-state index >= 15 is 0 Å². The quantitative estimate of drug-likeness (QED) is 0.678. The van der Waals surface area contributed by atoms with Crippen molar-refractivity contribution in [3.63, 3.8) is 0 Å². The molecule has 0 saturated heterocycles. The van der Waals surface area contributed by atoms with Gasteiger partial charge in [-0.2, -0.15) is 0 Å². The zero-order valence-corrected chi connectivity index (χ0v) is 11.2. The van der Waals surface area contributed by atoms with Crippen molar-refractivity contribution in [2.75, 3.05) is 19.7 Å². The van der Waals surface area contributed by atoms with E-state index in [4.69, 9.17) is 4.74 Å². The number of nitrogens with zero attached hydrogens (tertiary/aromatic N) is 1. The lowest BCUT2D eigenvalue weighted by Gasteiger charge is -2.28. The predicted octanol–water partition coefficient (Wildman–Crippen LogP) is 0.949. The van der Waals surface area contributed by atoms with Gasteiger partial charge in [0.25, 0.3) is 0 Å². The summed E-state index contributed by atoms with van der Waals surface area (Å²) in [6.07, 6.45) is 0.220. The van der Waals surface area contributed by atoms with Gasteiger partial charge in [-0.1, -0.05) is 0 Å². The summed E-state index contributed by atoms with van der Waals surface area (Å²) in [6, 6.07) is 0. The minimum absolute atomic E-state index is 0.0923. The molecule has 5 heteroatoms. The topological polar surface area (TPSA) is 66.8 Å². The van der Waals surface area contributed by atoms with Crippen molar-refractivity contribution in [3.8, 4) is 0 Å². The lowest BCUT2D eigenvalue weighted by molar-refractivity contribution is -0.146. The normalized spacial score (nSPS) is 11.1. The summed E-state index contributed by atoms with van der Waals surface area (Å²) in [5, 5.41) is 9.64. The van der Waals surface area contributed by atoms with Gasteiger partial charge in [-0.15, -0.1) is 0 Å². The number of ether oxygens (including phenoxy) is 1. The molecule has 0 fully saturated rings. The fraction of sp³-hybridized carbons (Fsp3) is 0.833. The number of aliphatic hydroxyl groups is 1. The Labute approximate surface area is 103 Å². The largest absolute Gasteiger partial charge is 0.466 e. The molecule has 0 aromatic rings. The Kier molecular flexibility index (Phi) is 6.80. The summed E-state index contributed by atoms with van der Waals surface area (Å²) >= 11 is 0. The van der Waals surface area contributed by atoms with Gasteiger partial charge in [-0.05, 0) is 27.7 Å². The number of amides is 1. The minimum atomic E-state index is -0.921. The Morgan fingerprint density at radius 2 is 1.82 bits per heavy atom. The Morgan fingerprint density at radius 3 is 2.24 bits per heavy atom. The third-order valence-electron chi connectivity index (χ3n) is 2.16. The first kappa shape index (κ1) is 15.9. The molecule has 1 amide bonds. The van der Waals surface area contributed by atoms with Crippen molar-refractivity contribution in [2.24, 2.45) is 0 Å². The van der Waals surface area contributed by atoms with E-state index in [0.29, 0.717) is 13.2 Å².